The minimum atomic E-state index is -6.17. The smallest absolute Gasteiger partial charge is 2.00 e. The zero-order valence-electron chi connectivity index (χ0n) is 4.90. The van der Waals surface area contributed by atoms with Gasteiger partial charge in [0.2, 0.25) is 0 Å². The van der Waals surface area contributed by atoms with Crippen LogP contribution in [0.3, 0.4) is 0 Å². The molecular formula is NiO8PbW2. The van der Waals surface area contributed by atoms with Crippen molar-refractivity contribution in [2.24, 2.45) is 0 Å². The third kappa shape index (κ3) is 414. The zero-order valence-corrected chi connectivity index (χ0v) is 15.6. The first-order valence-corrected chi connectivity index (χ1v) is 10.9. The van der Waals surface area contributed by atoms with Gasteiger partial charge in [-0.3, -0.25) is 0 Å². The van der Waals surface area contributed by atoms with Crippen LogP contribution in [0, 0.1) is 0 Å². The SMILES string of the molecule is [Ni+2].[O]=[W](=[O])([O-])[O-].[O]=[W](=[O])([O-])[O-].[Pb+2]. The fourth-order valence-electron chi connectivity index (χ4n) is 0. The first-order chi connectivity index (χ1) is 4.00. The predicted octanol–water partition coefficient (Wildman–Crippen LogP) is -5.62. The largest absolute Gasteiger partial charge is 2.00 e. The summed E-state index contributed by atoms with van der Waals surface area (Å²) in [6, 6.07) is 0. The van der Waals surface area contributed by atoms with Crippen LogP contribution >= 0.6 is 0 Å². The second-order valence-corrected chi connectivity index (χ2v) is 6.68. The summed E-state index contributed by atoms with van der Waals surface area (Å²) in [5.41, 5.74) is 0. The standard InChI is InChI=1S/Ni.8O.Pb.2W/q+2;;;;;4*-1;+2;;. The second-order valence-electron chi connectivity index (χ2n) is 0.816. The van der Waals surface area contributed by atoms with Crippen molar-refractivity contribution >= 4 is 27.3 Å². The molecule has 0 fully saturated rings. The van der Waals surface area contributed by atoms with Gasteiger partial charge in [0.25, 0.3) is 0 Å². The Morgan fingerprint density at radius 2 is 0.667 bits per heavy atom. The summed E-state index contributed by atoms with van der Waals surface area (Å²) < 4.78 is 69.2. The molecule has 0 amide bonds. The van der Waals surface area contributed by atoms with Gasteiger partial charge in [0.1, 0.15) is 0 Å². The van der Waals surface area contributed by atoms with Gasteiger partial charge in [-0.25, -0.2) is 0 Å². The molecule has 0 saturated carbocycles. The molecule has 0 atom stereocenters. The van der Waals surface area contributed by atoms with Crippen molar-refractivity contribution in [2.75, 3.05) is 0 Å². The Morgan fingerprint density at radius 3 is 0.667 bits per heavy atom. The number of rotatable bonds is 0. The molecule has 0 rings (SSSR count). The fourth-order valence-corrected chi connectivity index (χ4v) is 0. The summed E-state index contributed by atoms with van der Waals surface area (Å²) in [7, 11) is 0. The molecule has 0 unspecified atom stereocenters. The van der Waals surface area contributed by atoms with Gasteiger partial charge >= 0.3 is 106 Å². The molecule has 0 aliphatic rings. The van der Waals surface area contributed by atoms with Crippen LogP contribution in [-0.2, 0) is 63.6 Å². The molecule has 0 heterocycles. The molecule has 74 valence electrons. The summed E-state index contributed by atoms with van der Waals surface area (Å²) in [6.07, 6.45) is 0. The van der Waals surface area contributed by atoms with E-state index in [4.69, 9.17) is 28.6 Å². The summed E-state index contributed by atoms with van der Waals surface area (Å²) in [5, 5.41) is 0. The minimum Gasteiger partial charge on any atom is 2.00 e. The van der Waals surface area contributed by atoms with Crippen LogP contribution in [-0.4, -0.2) is 27.3 Å². The molecule has 12 heteroatoms. The molecule has 0 spiro atoms. The summed E-state index contributed by atoms with van der Waals surface area (Å²) >= 11 is -12.3. The topological polar surface area (TPSA) is 161 Å². The van der Waals surface area contributed by atoms with E-state index in [0.717, 1.165) is 0 Å². The van der Waals surface area contributed by atoms with E-state index in [1.807, 2.05) is 0 Å². The Balaban J connectivity index is -0.0000000457. The molecule has 12 heavy (non-hydrogen) atoms. The molecule has 0 aliphatic carbocycles. The number of hydrogen-bond acceptors (Lipinski definition) is 8. The van der Waals surface area contributed by atoms with Crippen molar-refractivity contribution in [1.82, 2.24) is 0 Å². The van der Waals surface area contributed by atoms with E-state index in [0.29, 0.717) is 0 Å². The van der Waals surface area contributed by atoms with Gasteiger partial charge < -0.3 is 0 Å². The fraction of sp³-hybridized carbons (Fsp3) is 0. The monoisotopic (exact) mass is 762 g/mol. The molecule has 0 aromatic carbocycles. The van der Waals surface area contributed by atoms with Crippen LogP contribution in [0.2, 0.25) is 0 Å². The molecule has 0 aliphatic heterocycles. The predicted molar refractivity (Wildman–Crippen MR) is 8.50 cm³/mol. The van der Waals surface area contributed by atoms with Crippen molar-refractivity contribution in [2.45, 2.75) is 0 Å². The van der Waals surface area contributed by atoms with Gasteiger partial charge in [0.15, 0.2) is 0 Å². The Bertz CT molecular complexity index is 213. The van der Waals surface area contributed by atoms with E-state index in [2.05, 4.69) is 0 Å². The molecule has 0 aromatic rings. The Labute approximate surface area is 105 Å². The maximum Gasteiger partial charge on any atom is 2.00 e. The van der Waals surface area contributed by atoms with E-state index in [-0.39, 0.29) is 43.8 Å². The van der Waals surface area contributed by atoms with Gasteiger partial charge in [-0.05, 0) is 0 Å². The van der Waals surface area contributed by atoms with Crippen LogP contribution in [0.4, 0.5) is 0 Å². The number of hydrogen-bond donors (Lipinski definition) is 0. The molecule has 0 bridgehead atoms. The Kier molecular flexibility index (Phi) is 18.4. The molecule has 8 nitrogen and oxygen atoms in total. The first kappa shape index (κ1) is 23.6. The van der Waals surface area contributed by atoms with E-state index < -0.39 is 33.5 Å². The van der Waals surface area contributed by atoms with Crippen molar-refractivity contribution in [3.05, 3.63) is 0 Å². The van der Waals surface area contributed by atoms with Gasteiger partial charge in [-0.2, -0.15) is 0 Å². The summed E-state index contributed by atoms with van der Waals surface area (Å²) in [6.45, 7) is 0. The van der Waals surface area contributed by atoms with E-state index in [1.165, 1.54) is 0 Å². The normalized spacial score (nSPS) is 9.67. The summed E-state index contributed by atoms with van der Waals surface area (Å²) in [4.78, 5) is 0. The van der Waals surface area contributed by atoms with Gasteiger partial charge in [0, 0.05) is 0 Å². The average Bonchev–Trinajstić information content (AvgIpc) is 1.12. The van der Waals surface area contributed by atoms with Crippen molar-refractivity contribution < 1.29 is 78.6 Å². The van der Waals surface area contributed by atoms with Crippen molar-refractivity contribution in [1.29, 1.82) is 0 Å². The Hall–Kier alpha value is 1.83. The van der Waals surface area contributed by atoms with Crippen LogP contribution in [0.25, 0.3) is 0 Å². The average molecular weight is 762 g/mol. The molecular weight excluding hydrogens is 762 g/mol. The molecule has 0 saturated heterocycles. The maximum absolute atomic E-state index is 8.65. The quantitative estimate of drug-likeness (QED) is 0.221. The van der Waals surface area contributed by atoms with E-state index >= 15 is 0 Å². The van der Waals surface area contributed by atoms with Gasteiger partial charge in [-0.15, -0.1) is 0 Å². The van der Waals surface area contributed by atoms with Crippen LogP contribution in [0.15, 0.2) is 0 Å². The Morgan fingerprint density at radius 1 is 0.667 bits per heavy atom. The van der Waals surface area contributed by atoms with E-state index in [1.54, 1.807) is 0 Å². The first-order valence-electron chi connectivity index (χ1n) is 1.33. The van der Waals surface area contributed by atoms with E-state index in [9.17, 15) is 0 Å². The van der Waals surface area contributed by atoms with Crippen molar-refractivity contribution in [3.63, 3.8) is 0 Å². The van der Waals surface area contributed by atoms with Crippen molar-refractivity contribution in [3.8, 4) is 0 Å². The summed E-state index contributed by atoms with van der Waals surface area (Å²) in [5.74, 6) is 0. The van der Waals surface area contributed by atoms with Gasteiger partial charge in [0.05, 0.1) is 0 Å². The molecule has 0 N–H and O–H groups in total. The molecule has 2 radical (unpaired) electrons. The molecule has 0 aromatic heterocycles. The maximum atomic E-state index is 8.65. The minimum absolute atomic E-state index is 0. The second kappa shape index (κ2) is 9.39. The third-order valence-electron chi connectivity index (χ3n) is 0. The van der Waals surface area contributed by atoms with Gasteiger partial charge in [-0.1, -0.05) is 0 Å². The van der Waals surface area contributed by atoms with Crippen LogP contribution in [0.1, 0.15) is 0 Å². The van der Waals surface area contributed by atoms with Crippen LogP contribution in [0.5, 0.6) is 0 Å². The van der Waals surface area contributed by atoms with Crippen LogP contribution < -0.4 is 15.0 Å². The zero-order chi connectivity index (χ0) is 9.00. The third-order valence-corrected chi connectivity index (χ3v) is 0.